The van der Waals surface area contributed by atoms with Gasteiger partial charge in [-0.25, -0.2) is 4.39 Å². The first-order valence-electron chi connectivity index (χ1n) is 4.95. The average molecular weight is 309 g/mol. The minimum Gasteiger partial charge on any atom is -0.288 e. The van der Waals surface area contributed by atoms with Gasteiger partial charge in [-0.05, 0) is 23.6 Å². The van der Waals surface area contributed by atoms with Crippen molar-refractivity contribution in [3.05, 3.63) is 56.5 Å². The molecule has 0 amide bonds. The minimum absolute atomic E-state index is 0.167. The fourth-order valence-corrected chi connectivity index (χ4v) is 2.58. The molecular formula is C12H5ClF4OS. The minimum atomic E-state index is -4.79. The fourth-order valence-electron chi connectivity index (χ4n) is 1.47. The van der Waals surface area contributed by atoms with Crippen molar-refractivity contribution in [1.82, 2.24) is 0 Å². The van der Waals surface area contributed by atoms with E-state index in [1.807, 2.05) is 0 Å². The number of hydrogen-bond donors (Lipinski definition) is 0. The second-order valence-electron chi connectivity index (χ2n) is 3.62. The molecule has 0 fully saturated rings. The third-order valence-electron chi connectivity index (χ3n) is 2.36. The summed E-state index contributed by atoms with van der Waals surface area (Å²) in [7, 11) is 0. The van der Waals surface area contributed by atoms with Crippen LogP contribution in [0.1, 0.15) is 20.8 Å². The lowest BCUT2D eigenvalue weighted by molar-refractivity contribution is -0.140. The van der Waals surface area contributed by atoms with Crippen LogP contribution in [0.5, 0.6) is 0 Å². The first-order chi connectivity index (χ1) is 8.80. The van der Waals surface area contributed by atoms with Gasteiger partial charge in [-0.3, -0.25) is 4.79 Å². The van der Waals surface area contributed by atoms with Crippen molar-refractivity contribution in [1.29, 1.82) is 0 Å². The Morgan fingerprint density at radius 1 is 1.21 bits per heavy atom. The third-order valence-corrected chi connectivity index (χ3v) is 3.70. The predicted molar refractivity (Wildman–Crippen MR) is 64.2 cm³/mol. The molecule has 19 heavy (non-hydrogen) atoms. The normalized spacial score (nSPS) is 11.6. The van der Waals surface area contributed by atoms with Crippen LogP contribution in [0.2, 0.25) is 5.02 Å². The second-order valence-corrected chi connectivity index (χ2v) is 4.94. The van der Waals surface area contributed by atoms with Crippen LogP contribution in [0.25, 0.3) is 0 Å². The summed E-state index contributed by atoms with van der Waals surface area (Å²) < 4.78 is 50.5. The molecule has 0 bridgehead atoms. The molecule has 1 heterocycles. The molecule has 0 radical (unpaired) electrons. The Labute approximate surface area is 114 Å². The standard InChI is InChI=1S/C12H5ClF4OS/c13-8-3-4-19-11(8)10(18)6-1-2-7(9(14)5-6)12(15,16)17/h1-5H. The number of carbonyl (C=O) groups is 1. The van der Waals surface area contributed by atoms with E-state index in [2.05, 4.69) is 0 Å². The van der Waals surface area contributed by atoms with E-state index in [9.17, 15) is 22.4 Å². The van der Waals surface area contributed by atoms with Crippen LogP contribution in [-0.4, -0.2) is 5.78 Å². The Kier molecular flexibility index (Phi) is 3.64. The monoisotopic (exact) mass is 308 g/mol. The number of thiophene rings is 1. The van der Waals surface area contributed by atoms with Gasteiger partial charge in [-0.1, -0.05) is 17.7 Å². The van der Waals surface area contributed by atoms with Gasteiger partial charge in [-0.15, -0.1) is 11.3 Å². The summed E-state index contributed by atoms with van der Waals surface area (Å²) in [6.45, 7) is 0. The lowest BCUT2D eigenvalue weighted by Crippen LogP contribution is -2.09. The molecule has 0 saturated heterocycles. The van der Waals surface area contributed by atoms with Crippen LogP contribution in [0.4, 0.5) is 17.6 Å². The molecule has 0 unspecified atom stereocenters. The molecule has 0 aliphatic rings. The fraction of sp³-hybridized carbons (Fsp3) is 0.0833. The van der Waals surface area contributed by atoms with E-state index in [0.29, 0.717) is 12.1 Å². The second kappa shape index (κ2) is 4.94. The van der Waals surface area contributed by atoms with E-state index < -0.39 is 23.3 Å². The summed E-state index contributed by atoms with van der Waals surface area (Å²) in [5.41, 5.74) is -1.57. The average Bonchev–Trinajstić information content (AvgIpc) is 2.72. The molecule has 0 N–H and O–H groups in total. The van der Waals surface area contributed by atoms with Gasteiger partial charge >= 0.3 is 6.18 Å². The number of halogens is 5. The molecule has 100 valence electrons. The topological polar surface area (TPSA) is 17.1 Å². The van der Waals surface area contributed by atoms with Crippen LogP contribution >= 0.6 is 22.9 Å². The van der Waals surface area contributed by atoms with Crippen molar-refractivity contribution in [2.45, 2.75) is 6.18 Å². The highest BCUT2D eigenvalue weighted by molar-refractivity contribution is 7.13. The van der Waals surface area contributed by atoms with E-state index >= 15 is 0 Å². The van der Waals surface area contributed by atoms with Crippen LogP contribution in [-0.2, 0) is 6.18 Å². The predicted octanol–water partition coefficient (Wildman–Crippen LogP) is 4.79. The maximum Gasteiger partial charge on any atom is 0.419 e. The molecule has 2 aromatic rings. The quantitative estimate of drug-likeness (QED) is 0.576. The van der Waals surface area contributed by atoms with Gasteiger partial charge in [-0.2, -0.15) is 13.2 Å². The number of alkyl halides is 3. The van der Waals surface area contributed by atoms with E-state index in [1.54, 1.807) is 5.38 Å². The lowest BCUT2D eigenvalue weighted by atomic mass is 10.1. The lowest BCUT2D eigenvalue weighted by Gasteiger charge is -2.08. The Hall–Kier alpha value is -1.40. The van der Waals surface area contributed by atoms with Crippen LogP contribution in [0.15, 0.2) is 29.6 Å². The summed E-state index contributed by atoms with van der Waals surface area (Å²) >= 11 is 6.79. The van der Waals surface area contributed by atoms with Gasteiger partial charge in [0.2, 0.25) is 5.78 Å². The van der Waals surface area contributed by atoms with Crippen molar-refractivity contribution in [3.63, 3.8) is 0 Å². The summed E-state index contributed by atoms with van der Waals surface area (Å²) in [5, 5.41) is 1.76. The van der Waals surface area contributed by atoms with Gasteiger partial charge in [0.15, 0.2) is 0 Å². The van der Waals surface area contributed by atoms with E-state index in [-0.39, 0.29) is 15.5 Å². The number of carbonyl (C=O) groups excluding carboxylic acids is 1. The van der Waals surface area contributed by atoms with Crippen LogP contribution < -0.4 is 0 Å². The van der Waals surface area contributed by atoms with Gasteiger partial charge in [0.05, 0.1) is 15.5 Å². The number of benzene rings is 1. The van der Waals surface area contributed by atoms with Gasteiger partial charge < -0.3 is 0 Å². The van der Waals surface area contributed by atoms with Gasteiger partial charge in [0.25, 0.3) is 0 Å². The third kappa shape index (κ3) is 2.79. The van der Waals surface area contributed by atoms with Crippen molar-refractivity contribution in [2.75, 3.05) is 0 Å². The van der Waals surface area contributed by atoms with Crippen molar-refractivity contribution in [3.8, 4) is 0 Å². The maximum absolute atomic E-state index is 13.3. The summed E-state index contributed by atoms with van der Waals surface area (Å²) in [4.78, 5) is 12.1. The largest absolute Gasteiger partial charge is 0.419 e. The highest BCUT2D eigenvalue weighted by Gasteiger charge is 2.34. The Morgan fingerprint density at radius 3 is 2.37 bits per heavy atom. The molecule has 2 rings (SSSR count). The summed E-state index contributed by atoms with van der Waals surface area (Å²) in [6, 6.07) is 3.54. The van der Waals surface area contributed by atoms with Crippen molar-refractivity contribution < 1.29 is 22.4 Å². The Morgan fingerprint density at radius 2 is 1.89 bits per heavy atom. The van der Waals surface area contributed by atoms with Crippen molar-refractivity contribution in [2.24, 2.45) is 0 Å². The zero-order valence-corrected chi connectivity index (χ0v) is 10.7. The highest BCUT2D eigenvalue weighted by atomic mass is 35.5. The first kappa shape index (κ1) is 14.0. The van der Waals surface area contributed by atoms with Gasteiger partial charge in [0.1, 0.15) is 5.82 Å². The number of ketones is 1. The Balaban J connectivity index is 2.41. The Bertz CT molecular complexity index is 633. The van der Waals surface area contributed by atoms with Crippen LogP contribution in [0, 0.1) is 5.82 Å². The molecule has 0 atom stereocenters. The molecule has 1 aromatic heterocycles. The summed E-state index contributed by atoms with van der Waals surface area (Å²) in [6.07, 6.45) is -4.79. The van der Waals surface area contributed by atoms with E-state index in [1.165, 1.54) is 6.07 Å². The number of rotatable bonds is 2. The molecule has 0 aliphatic carbocycles. The van der Waals surface area contributed by atoms with Crippen molar-refractivity contribution >= 4 is 28.7 Å². The smallest absolute Gasteiger partial charge is 0.288 e. The SMILES string of the molecule is O=C(c1ccc(C(F)(F)F)c(F)c1)c1sccc1Cl. The van der Waals surface area contributed by atoms with Crippen LogP contribution in [0.3, 0.4) is 0 Å². The zero-order valence-electron chi connectivity index (χ0n) is 9.09. The molecule has 0 spiro atoms. The van der Waals surface area contributed by atoms with E-state index in [4.69, 9.17) is 11.6 Å². The zero-order chi connectivity index (χ0) is 14.2. The first-order valence-corrected chi connectivity index (χ1v) is 6.21. The molecular weight excluding hydrogens is 304 g/mol. The maximum atomic E-state index is 13.3. The highest BCUT2D eigenvalue weighted by Crippen LogP contribution is 2.32. The summed E-state index contributed by atoms with van der Waals surface area (Å²) in [5.74, 6) is -2.08. The molecule has 1 aromatic carbocycles. The van der Waals surface area contributed by atoms with Gasteiger partial charge in [0, 0.05) is 5.56 Å². The molecule has 0 saturated carbocycles. The molecule has 7 heteroatoms. The number of hydrogen-bond acceptors (Lipinski definition) is 2. The van der Waals surface area contributed by atoms with E-state index in [0.717, 1.165) is 17.4 Å². The molecule has 1 nitrogen and oxygen atoms in total. The molecule has 0 aliphatic heterocycles.